The number of aromatic carboxylic acids is 1. The Bertz CT molecular complexity index is 402. The van der Waals surface area contributed by atoms with Crippen LogP contribution >= 0.6 is 11.3 Å². The molecule has 1 saturated carbocycles. The van der Waals surface area contributed by atoms with Crippen LogP contribution in [0.15, 0.2) is 11.4 Å². The van der Waals surface area contributed by atoms with Crippen molar-refractivity contribution in [2.24, 2.45) is 11.8 Å². The molecule has 4 heteroatoms. The Morgan fingerprint density at radius 2 is 2.39 bits per heavy atom. The van der Waals surface area contributed by atoms with E-state index in [4.69, 9.17) is 5.11 Å². The van der Waals surface area contributed by atoms with Crippen molar-refractivity contribution in [3.8, 4) is 0 Å². The van der Waals surface area contributed by atoms with Crippen LogP contribution in [-0.4, -0.2) is 17.6 Å². The third-order valence-corrected chi connectivity index (χ3v) is 4.68. The third kappa shape index (κ3) is 3.56. The fraction of sp³-hybridized carbons (Fsp3) is 0.643. The van der Waals surface area contributed by atoms with Gasteiger partial charge >= 0.3 is 5.97 Å². The summed E-state index contributed by atoms with van der Waals surface area (Å²) in [6.45, 7) is 4.02. The van der Waals surface area contributed by atoms with Crippen LogP contribution in [-0.2, 0) is 6.54 Å². The number of carbonyl (C=O) groups is 1. The molecule has 0 saturated heterocycles. The number of thiophene rings is 1. The number of carboxylic acid groups (broad SMARTS) is 1. The van der Waals surface area contributed by atoms with E-state index in [1.807, 2.05) is 11.4 Å². The van der Waals surface area contributed by atoms with Gasteiger partial charge in [-0.05, 0) is 48.2 Å². The molecule has 18 heavy (non-hydrogen) atoms. The molecule has 1 aromatic rings. The quantitative estimate of drug-likeness (QED) is 0.860. The maximum absolute atomic E-state index is 11.0. The van der Waals surface area contributed by atoms with E-state index in [-0.39, 0.29) is 0 Å². The van der Waals surface area contributed by atoms with Gasteiger partial charge in [0.25, 0.3) is 0 Å². The van der Waals surface area contributed by atoms with Crippen LogP contribution < -0.4 is 5.32 Å². The first-order valence-corrected chi connectivity index (χ1v) is 7.55. The van der Waals surface area contributed by atoms with Crippen molar-refractivity contribution in [3.05, 3.63) is 21.9 Å². The van der Waals surface area contributed by atoms with E-state index in [1.54, 1.807) is 0 Å². The van der Waals surface area contributed by atoms with E-state index in [0.29, 0.717) is 11.4 Å². The highest BCUT2D eigenvalue weighted by Gasteiger charge is 2.18. The van der Waals surface area contributed by atoms with Crippen molar-refractivity contribution in [1.82, 2.24) is 5.32 Å². The summed E-state index contributed by atoms with van der Waals surface area (Å²) < 4.78 is 0. The molecule has 2 unspecified atom stereocenters. The van der Waals surface area contributed by atoms with Gasteiger partial charge < -0.3 is 10.4 Å². The number of nitrogens with one attached hydrogen (secondary N) is 1. The molecule has 1 aliphatic carbocycles. The number of rotatable bonds is 5. The fourth-order valence-corrected chi connectivity index (χ4v) is 3.58. The second kappa shape index (κ2) is 6.34. The molecule has 0 bridgehead atoms. The summed E-state index contributed by atoms with van der Waals surface area (Å²) in [5.74, 6) is 0.801. The van der Waals surface area contributed by atoms with Gasteiger partial charge in [0.1, 0.15) is 4.88 Å². The molecule has 1 aromatic heterocycles. The molecular formula is C14H21NO2S. The zero-order valence-electron chi connectivity index (χ0n) is 10.8. The van der Waals surface area contributed by atoms with Crippen molar-refractivity contribution in [3.63, 3.8) is 0 Å². The van der Waals surface area contributed by atoms with Crippen LogP contribution in [0, 0.1) is 11.8 Å². The predicted octanol–water partition coefficient (Wildman–Crippen LogP) is 3.36. The lowest BCUT2D eigenvalue weighted by molar-refractivity contribution is 0.0701. The minimum Gasteiger partial charge on any atom is -0.477 e. The third-order valence-electron chi connectivity index (χ3n) is 3.73. The van der Waals surface area contributed by atoms with Gasteiger partial charge in [0, 0.05) is 6.54 Å². The molecule has 1 aliphatic rings. The second-order valence-electron chi connectivity index (χ2n) is 5.35. The van der Waals surface area contributed by atoms with Crippen LogP contribution in [0.2, 0.25) is 0 Å². The van der Waals surface area contributed by atoms with Gasteiger partial charge in [-0.25, -0.2) is 4.79 Å². The highest BCUT2D eigenvalue weighted by Crippen LogP contribution is 2.28. The topological polar surface area (TPSA) is 49.3 Å². The first-order chi connectivity index (χ1) is 8.66. The van der Waals surface area contributed by atoms with E-state index in [0.717, 1.165) is 23.9 Å². The largest absolute Gasteiger partial charge is 0.477 e. The fourth-order valence-electron chi connectivity index (χ4n) is 2.82. The molecule has 2 rings (SSSR count). The van der Waals surface area contributed by atoms with E-state index in [9.17, 15) is 4.79 Å². The second-order valence-corrected chi connectivity index (χ2v) is 6.26. The molecule has 100 valence electrons. The smallest absolute Gasteiger partial charge is 0.346 e. The van der Waals surface area contributed by atoms with Crippen molar-refractivity contribution in [1.29, 1.82) is 0 Å². The lowest BCUT2D eigenvalue weighted by Crippen LogP contribution is -2.26. The summed E-state index contributed by atoms with van der Waals surface area (Å²) in [7, 11) is 0. The molecule has 2 atom stereocenters. The Kier molecular flexibility index (Phi) is 4.78. The van der Waals surface area contributed by atoms with Crippen molar-refractivity contribution < 1.29 is 9.90 Å². The van der Waals surface area contributed by atoms with Crippen molar-refractivity contribution >= 4 is 17.3 Å². The minimum atomic E-state index is -0.812. The van der Waals surface area contributed by atoms with Gasteiger partial charge in [0.2, 0.25) is 0 Å². The molecule has 0 radical (unpaired) electrons. The Labute approximate surface area is 112 Å². The Morgan fingerprint density at radius 3 is 3.11 bits per heavy atom. The summed E-state index contributed by atoms with van der Waals surface area (Å²) in [6, 6.07) is 1.91. The van der Waals surface area contributed by atoms with Crippen LogP contribution in [0.1, 0.15) is 47.8 Å². The van der Waals surface area contributed by atoms with Crippen LogP contribution in [0.25, 0.3) is 0 Å². The SMILES string of the molecule is CC1CCCC(CNCc2ccsc2C(=O)O)C1. The van der Waals surface area contributed by atoms with Gasteiger partial charge in [0.05, 0.1) is 0 Å². The minimum absolute atomic E-state index is 0.472. The van der Waals surface area contributed by atoms with E-state index >= 15 is 0 Å². The zero-order chi connectivity index (χ0) is 13.0. The standard InChI is InChI=1S/C14H21NO2S/c1-10-3-2-4-11(7-10)8-15-9-12-5-6-18-13(12)14(16)17/h5-6,10-11,15H,2-4,7-9H2,1H3,(H,16,17). The van der Waals surface area contributed by atoms with Crippen LogP contribution in [0.3, 0.4) is 0 Å². The molecule has 3 nitrogen and oxygen atoms in total. The molecule has 0 spiro atoms. The zero-order valence-corrected chi connectivity index (χ0v) is 11.6. The lowest BCUT2D eigenvalue weighted by Gasteiger charge is -2.26. The number of carboxylic acids is 1. The summed E-state index contributed by atoms with van der Waals surface area (Å²) >= 11 is 1.30. The molecule has 1 heterocycles. The van der Waals surface area contributed by atoms with Crippen molar-refractivity contribution in [2.45, 2.75) is 39.2 Å². The normalized spacial score (nSPS) is 24.1. The summed E-state index contributed by atoms with van der Waals surface area (Å²) in [4.78, 5) is 11.4. The number of hydrogen-bond acceptors (Lipinski definition) is 3. The summed E-state index contributed by atoms with van der Waals surface area (Å²) in [5.41, 5.74) is 0.913. The van der Waals surface area contributed by atoms with Gasteiger partial charge in [-0.2, -0.15) is 0 Å². The molecule has 1 fully saturated rings. The first kappa shape index (κ1) is 13.6. The Balaban J connectivity index is 1.78. The van der Waals surface area contributed by atoms with Gasteiger partial charge in [-0.1, -0.05) is 19.8 Å². The highest BCUT2D eigenvalue weighted by atomic mass is 32.1. The van der Waals surface area contributed by atoms with Crippen molar-refractivity contribution in [2.75, 3.05) is 6.54 Å². The van der Waals surface area contributed by atoms with Gasteiger partial charge in [-0.3, -0.25) is 0 Å². The number of hydrogen-bond donors (Lipinski definition) is 2. The maximum Gasteiger partial charge on any atom is 0.346 e. The molecule has 0 aliphatic heterocycles. The van der Waals surface area contributed by atoms with Crippen LogP contribution in [0.5, 0.6) is 0 Å². The van der Waals surface area contributed by atoms with E-state index in [2.05, 4.69) is 12.2 Å². The first-order valence-electron chi connectivity index (χ1n) is 6.67. The summed E-state index contributed by atoms with van der Waals surface area (Å²) in [5, 5.41) is 14.3. The van der Waals surface area contributed by atoms with E-state index in [1.165, 1.54) is 37.0 Å². The monoisotopic (exact) mass is 267 g/mol. The Hall–Kier alpha value is -0.870. The van der Waals surface area contributed by atoms with Crippen LogP contribution in [0.4, 0.5) is 0 Å². The Morgan fingerprint density at radius 1 is 1.56 bits per heavy atom. The molecule has 0 amide bonds. The average Bonchev–Trinajstić information content (AvgIpc) is 2.77. The molecular weight excluding hydrogens is 246 g/mol. The van der Waals surface area contributed by atoms with E-state index < -0.39 is 5.97 Å². The molecule has 0 aromatic carbocycles. The lowest BCUT2D eigenvalue weighted by atomic mass is 9.82. The van der Waals surface area contributed by atoms with Gasteiger partial charge in [0.15, 0.2) is 0 Å². The summed E-state index contributed by atoms with van der Waals surface area (Å²) in [6.07, 6.45) is 5.33. The maximum atomic E-state index is 11.0. The average molecular weight is 267 g/mol. The molecule has 2 N–H and O–H groups in total. The highest BCUT2D eigenvalue weighted by molar-refractivity contribution is 7.12. The van der Waals surface area contributed by atoms with Gasteiger partial charge in [-0.15, -0.1) is 11.3 Å². The predicted molar refractivity (Wildman–Crippen MR) is 74.1 cm³/mol.